The summed E-state index contributed by atoms with van der Waals surface area (Å²) in [5.41, 5.74) is 2.42. The molecule has 0 spiro atoms. The van der Waals surface area contributed by atoms with Gasteiger partial charge in [-0.3, -0.25) is 0 Å². The zero-order valence-electron chi connectivity index (χ0n) is 10.2. The summed E-state index contributed by atoms with van der Waals surface area (Å²) in [5.74, 6) is 0.485. The molecule has 0 atom stereocenters. The van der Waals surface area contributed by atoms with E-state index in [-0.39, 0.29) is 4.84 Å². The molecule has 3 aromatic rings. The van der Waals surface area contributed by atoms with E-state index in [0.717, 1.165) is 21.9 Å². The first-order valence-electron chi connectivity index (χ1n) is 5.87. The number of aromatic amines is 1. The molecule has 1 N–H and O–H groups in total. The molecule has 2 aromatic heterocycles. The summed E-state index contributed by atoms with van der Waals surface area (Å²) < 4.78 is 5.27. The van der Waals surface area contributed by atoms with Gasteiger partial charge in [-0.1, -0.05) is 31.2 Å². The highest BCUT2D eigenvalue weighted by Gasteiger charge is 2.10. The minimum absolute atomic E-state index is 0.275. The van der Waals surface area contributed by atoms with E-state index < -0.39 is 0 Å². The Bertz CT molecular complexity index is 740. The highest BCUT2D eigenvalue weighted by atomic mass is 32.1. The van der Waals surface area contributed by atoms with Crippen LogP contribution in [0.4, 0.5) is 0 Å². The summed E-state index contributed by atoms with van der Waals surface area (Å²) in [6, 6.07) is 8.41. The molecular formula is C13H11N3OS2. The van der Waals surface area contributed by atoms with Crippen molar-refractivity contribution in [2.75, 3.05) is 0 Å². The molecular weight excluding hydrogens is 278 g/mol. The number of hydrogen-bond acceptors (Lipinski definition) is 5. The fourth-order valence-corrected chi connectivity index (χ4v) is 2.70. The van der Waals surface area contributed by atoms with E-state index in [1.54, 1.807) is 6.20 Å². The number of aromatic nitrogens is 3. The molecule has 0 aliphatic heterocycles. The normalized spacial score (nSPS) is 10.8. The van der Waals surface area contributed by atoms with Crippen molar-refractivity contribution in [3.63, 3.8) is 0 Å². The van der Waals surface area contributed by atoms with Crippen molar-refractivity contribution in [3.8, 4) is 21.3 Å². The van der Waals surface area contributed by atoms with Crippen molar-refractivity contribution in [2.45, 2.75) is 13.3 Å². The van der Waals surface area contributed by atoms with Crippen LogP contribution >= 0.6 is 23.6 Å². The summed E-state index contributed by atoms with van der Waals surface area (Å²) in [6.07, 6.45) is 2.79. The first-order valence-corrected chi connectivity index (χ1v) is 7.10. The number of benzene rings is 1. The number of hydrogen-bond donors (Lipinski definition) is 1. The van der Waals surface area contributed by atoms with E-state index in [1.165, 1.54) is 16.9 Å². The smallest absolute Gasteiger partial charge is 0.284 e. The van der Waals surface area contributed by atoms with Gasteiger partial charge in [-0.2, -0.15) is 0 Å². The van der Waals surface area contributed by atoms with E-state index >= 15 is 0 Å². The van der Waals surface area contributed by atoms with Gasteiger partial charge in [0, 0.05) is 5.56 Å². The molecule has 0 amide bonds. The SMILES string of the molecule is CCc1ccc(-c2ncc(-c3n[nH]c(=S)o3)s2)cc1. The van der Waals surface area contributed by atoms with Crippen LogP contribution in [-0.2, 0) is 6.42 Å². The Kier molecular flexibility index (Phi) is 3.27. The van der Waals surface area contributed by atoms with Crippen molar-refractivity contribution in [1.29, 1.82) is 0 Å². The monoisotopic (exact) mass is 289 g/mol. The third-order valence-corrected chi connectivity index (χ3v) is 3.97. The van der Waals surface area contributed by atoms with Gasteiger partial charge in [-0.15, -0.1) is 16.4 Å². The van der Waals surface area contributed by atoms with E-state index in [9.17, 15) is 0 Å². The maximum absolute atomic E-state index is 5.27. The third kappa shape index (κ3) is 2.50. The summed E-state index contributed by atoms with van der Waals surface area (Å²) >= 11 is 6.39. The van der Waals surface area contributed by atoms with Gasteiger partial charge in [0.15, 0.2) is 0 Å². The van der Waals surface area contributed by atoms with Gasteiger partial charge in [0.05, 0.1) is 6.20 Å². The average Bonchev–Trinajstić information content (AvgIpc) is 3.07. The largest absolute Gasteiger partial charge is 0.408 e. The second kappa shape index (κ2) is 5.07. The minimum atomic E-state index is 0.275. The fourth-order valence-electron chi connectivity index (χ4n) is 1.72. The Morgan fingerprint density at radius 3 is 2.74 bits per heavy atom. The topological polar surface area (TPSA) is 54.7 Å². The standard InChI is InChI=1S/C13H11N3OS2/c1-2-8-3-5-9(6-4-8)12-14-7-10(19-12)11-15-16-13(18)17-11/h3-7H,2H2,1H3,(H,16,18). The van der Waals surface area contributed by atoms with E-state index in [0.29, 0.717) is 5.89 Å². The molecule has 0 radical (unpaired) electrons. The van der Waals surface area contributed by atoms with E-state index in [4.69, 9.17) is 16.6 Å². The van der Waals surface area contributed by atoms with Crippen molar-refractivity contribution in [2.24, 2.45) is 0 Å². The number of rotatable bonds is 3. The lowest BCUT2D eigenvalue weighted by Gasteiger charge is -1.98. The zero-order valence-corrected chi connectivity index (χ0v) is 11.8. The molecule has 96 valence electrons. The van der Waals surface area contributed by atoms with Crippen molar-refractivity contribution in [3.05, 3.63) is 40.9 Å². The van der Waals surface area contributed by atoms with Gasteiger partial charge < -0.3 is 4.42 Å². The van der Waals surface area contributed by atoms with Crippen LogP contribution in [0, 0.1) is 4.84 Å². The summed E-state index contributed by atoms with van der Waals surface area (Å²) in [4.78, 5) is 5.54. The molecule has 2 heterocycles. The zero-order chi connectivity index (χ0) is 13.2. The highest BCUT2D eigenvalue weighted by molar-refractivity contribution is 7.71. The van der Waals surface area contributed by atoms with Crippen LogP contribution in [0.25, 0.3) is 21.3 Å². The molecule has 0 aliphatic rings. The number of thiazole rings is 1. The first kappa shape index (κ1) is 12.3. The predicted molar refractivity (Wildman–Crippen MR) is 77.6 cm³/mol. The molecule has 4 nitrogen and oxygen atoms in total. The lowest BCUT2D eigenvalue weighted by Crippen LogP contribution is -1.80. The fraction of sp³-hybridized carbons (Fsp3) is 0.154. The van der Waals surface area contributed by atoms with Crippen LogP contribution < -0.4 is 0 Å². The van der Waals surface area contributed by atoms with Gasteiger partial charge in [-0.25, -0.2) is 10.1 Å². The molecule has 6 heteroatoms. The molecule has 0 saturated heterocycles. The van der Waals surface area contributed by atoms with Crippen LogP contribution in [0.15, 0.2) is 34.9 Å². The highest BCUT2D eigenvalue weighted by Crippen LogP contribution is 2.31. The predicted octanol–water partition coefficient (Wildman–Crippen LogP) is 4.09. The molecule has 0 fully saturated rings. The molecule has 1 aromatic carbocycles. The van der Waals surface area contributed by atoms with Gasteiger partial charge in [0.2, 0.25) is 0 Å². The van der Waals surface area contributed by atoms with Crippen LogP contribution in [-0.4, -0.2) is 15.2 Å². The Balaban J connectivity index is 1.94. The lowest BCUT2D eigenvalue weighted by atomic mass is 10.1. The number of nitrogens with one attached hydrogen (secondary N) is 1. The van der Waals surface area contributed by atoms with Gasteiger partial charge >= 0.3 is 0 Å². The molecule has 0 bridgehead atoms. The first-order chi connectivity index (χ1) is 9.26. The second-order valence-corrected chi connectivity index (χ2v) is 5.40. The Hall–Kier alpha value is -1.79. The van der Waals surface area contributed by atoms with Crippen LogP contribution in [0.1, 0.15) is 12.5 Å². The van der Waals surface area contributed by atoms with Crippen molar-refractivity contribution < 1.29 is 4.42 Å². The van der Waals surface area contributed by atoms with Crippen LogP contribution in [0.3, 0.4) is 0 Å². The molecule has 0 aliphatic carbocycles. The average molecular weight is 289 g/mol. The van der Waals surface area contributed by atoms with Gasteiger partial charge in [0.1, 0.15) is 9.88 Å². The minimum Gasteiger partial charge on any atom is -0.408 e. The molecule has 0 unspecified atom stereocenters. The van der Waals surface area contributed by atoms with Crippen molar-refractivity contribution >= 4 is 23.6 Å². The summed E-state index contributed by atoms with van der Waals surface area (Å²) in [6.45, 7) is 2.14. The maximum atomic E-state index is 5.27. The number of aryl methyl sites for hydroxylation is 1. The second-order valence-electron chi connectivity index (χ2n) is 4.00. The van der Waals surface area contributed by atoms with Crippen LogP contribution in [0.5, 0.6) is 0 Å². The lowest BCUT2D eigenvalue weighted by molar-refractivity contribution is 0.553. The summed E-state index contributed by atoms with van der Waals surface area (Å²) in [7, 11) is 0. The quantitative estimate of drug-likeness (QED) is 0.738. The van der Waals surface area contributed by atoms with Crippen molar-refractivity contribution in [1.82, 2.24) is 15.2 Å². The van der Waals surface area contributed by atoms with Gasteiger partial charge in [0.25, 0.3) is 10.7 Å². The molecule has 3 rings (SSSR count). The Labute approximate surface area is 119 Å². The Morgan fingerprint density at radius 1 is 1.32 bits per heavy atom. The third-order valence-electron chi connectivity index (χ3n) is 2.76. The van der Waals surface area contributed by atoms with E-state index in [2.05, 4.69) is 46.4 Å². The number of nitrogens with zero attached hydrogens (tertiary/aromatic N) is 2. The van der Waals surface area contributed by atoms with Crippen LogP contribution in [0.2, 0.25) is 0 Å². The molecule has 19 heavy (non-hydrogen) atoms. The maximum Gasteiger partial charge on any atom is 0.284 e. The summed E-state index contributed by atoms with van der Waals surface area (Å²) in [5, 5.41) is 7.55. The Morgan fingerprint density at radius 2 is 2.11 bits per heavy atom. The molecule has 0 saturated carbocycles. The number of H-pyrrole nitrogens is 1. The van der Waals surface area contributed by atoms with Gasteiger partial charge in [-0.05, 0) is 24.2 Å². The van der Waals surface area contributed by atoms with E-state index in [1.807, 2.05) is 0 Å².